The quantitative estimate of drug-likeness (QED) is 0.899. The Hall–Kier alpha value is -1.37. The number of hydrogen-bond donors (Lipinski definition) is 1. The van der Waals surface area contributed by atoms with Crippen LogP contribution < -0.4 is 10.2 Å². The lowest BCUT2D eigenvalue weighted by molar-refractivity contribution is 0.219. The molecule has 2 amide bonds. The molecular weight excluding hydrogens is 262 g/mol. The van der Waals surface area contributed by atoms with Gasteiger partial charge in [-0.2, -0.15) is 9.36 Å². The summed E-state index contributed by atoms with van der Waals surface area (Å²) in [5.41, 5.74) is 0. The summed E-state index contributed by atoms with van der Waals surface area (Å²) in [7, 11) is 3.77. The number of hydrogen-bond acceptors (Lipinski definition) is 5. The standard InChI is InChI=1S/C12H19N5OS/c1-16(2)10-13-11(19-15-10)14-12(18)17-6-8-4-3-5-9(8)7-17/h8-9H,3-7H2,1-2H3,(H,13,14,15,18). The van der Waals surface area contributed by atoms with Crippen LogP contribution >= 0.6 is 11.5 Å². The predicted octanol–water partition coefficient (Wildman–Crippen LogP) is 1.87. The van der Waals surface area contributed by atoms with Gasteiger partial charge in [0.1, 0.15) is 0 Å². The molecule has 6 nitrogen and oxygen atoms in total. The molecule has 1 aliphatic carbocycles. The lowest BCUT2D eigenvalue weighted by Crippen LogP contribution is -2.33. The van der Waals surface area contributed by atoms with Crippen molar-refractivity contribution in [3.63, 3.8) is 0 Å². The highest BCUT2D eigenvalue weighted by atomic mass is 32.1. The minimum absolute atomic E-state index is 0.0316. The van der Waals surface area contributed by atoms with Gasteiger partial charge in [-0.3, -0.25) is 5.32 Å². The minimum Gasteiger partial charge on any atom is -0.346 e. The normalized spacial score (nSPS) is 25.5. The second kappa shape index (κ2) is 4.96. The first-order chi connectivity index (χ1) is 9.13. The van der Waals surface area contributed by atoms with E-state index in [0.717, 1.165) is 24.9 Å². The molecule has 0 bridgehead atoms. The van der Waals surface area contributed by atoms with E-state index in [-0.39, 0.29) is 6.03 Å². The third-order valence-corrected chi connectivity index (χ3v) is 4.66. The molecule has 2 fully saturated rings. The van der Waals surface area contributed by atoms with Gasteiger partial charge in [0.25, 0.3) is 0 Å². The van der Waals surface area contributed by atoms with Gasteiger partial charge in [0.2, 0.25) is 11.1 Å². The van der Waals surface area contributed by atoms with Gasteiger partial charge in [-0.15, -0.1) is 0 Å². The fourth-order valence-electron chi connectivity index (χ4n) is 3.02. The number of nitrogens with zero attached hydrogens (tertiary/aromatic N) is 4. The Bertz CT molecular complexity index is 462. The third kappa shape index (κ3) is 2.51. The van der Waals surface area contributed by atoms with Crippen molar-refractivity contribution in [1.82, 2.24) is 14.3 Å². The zero-order valence-electron chi connectivity index (χ0n) is 11.3. The average molecular weight is 281 g/mol. The van der Waals surface area contributed by atoms with Crippen LogP contribution in [0.15, 0.2) is 0 Å². The summed E-state index contributed by atoms with van der Waals surface area (Å²) in [6.45, 7) is 1.80. The molecule has 1 N–H and O–H groups in total. The Balaban J connectivity index is 1.59. The molecule has 1 saturated carbocycles. The minimum atomic E-state index is -0.0316. The van der Waals surface area contributed by atoms with Crippen LogP contribution in [0.2, 0.25) is 0 Å². The van der Waals surface area contributed by atoms with Crippen molar-refractivity contribution in [1.29, 1.82) is 0 Å². The highest BCUT2D eigenvalue weighted by Crippen LogP contribution is 2.37. The van der Waals surface area contributed by atoms with Crippen LogP contribution in [-0.2, 0) is 0 Å². The number of nitrogens with one attached hydrogen (secondary N) is 1. The molecule has 7 heteroatoms. The van der Waals surface area contributed by atoms with Gasteiger partial charge in [0, 0.05) is 38.7 Å². The van der Waals surface area contributed by atoms with Gasteiger partial charge in [-0.25, -0.2) is 4.79 Å². The smallest absolute Gasteiger partial charge is 0.323 e. The molecule has 2 aliphatic rings. The Labute approximate surface area is 117 Å². The fourth-order valence-corrected chi connectivity index (χ4v) is 3.65. The molecule has 19 heavy (non-hydrogen) atoms. The van der Waals surface area contributed by atoms with Crippen molar-refractivity contribution in [3.05, 3.63) is 0 Å². The SMILES string of the molecule is CN(C)c1nsc(NC(=O)N2CC3CCCC3C2)n1. The zero-order chi connectivity index (χ0) is 13.4. The van der Waals surface area contributed by atoms with Crippen molar-refractivity contribution in [2.45, 2.75) is 19.3 Å². The van der Waals surface area contributed by atoms with Crippen molar-refractivity contribution in [3.8, 4) is 0 Å². The molecule has 2 heterocycles. The Morgan fingerprint density at radius 2 is 2.05 bits per heavy atom. The lowest BCUT2D eigenvalue weighted by Gasteiger charge is -2.16. The maximum atomic E-state index is 12.2. The van der Waals surface area contributed by atoms with Crippen molar-refractivity contribution < 1.29 is 4.79 Å². The number of likely N-dealkylation sites (tertiary alicyclic amines) is 1. The second-order valence-electron chi connectivity index (χ2n) is 5.58. The van der Waals surface area contributed by atoms with E-state index in [1.807, 2.05) is 23.9 Å². The van der Waals surface area contributed by atoms with Crippen LogP contribution in [-0.4, -0.2) is 47.5 Å². The van der Waals surface area contributed by atoms with Gasteiger partial charge < -0.3 is 9.80 Å². The number of anilines is 2. The number of aromatic nitrogens is 2. The van der Waals surface area contributed by atoms with Crippen LogP contribution in [0.5, 0.6) is 0 Å². The summed E-state index contributed by atoms with van der Waals surface area (Å²) in [4.78, 5) is 20.2. The first kappa shape index (κ1) is 12.7. The van der Waals surface area contributed by atoms with Crippen molar-refractivity contribution in [2.24, 2.45) is 11.8 Å². The van der Waals surface area contributed by atoms with Gasteiger partial charge in [-0.05, 0) is 24.7 Å². The third-order valence-electron chi connectivity index (χ3n) is 4.04. The molecule has 1 aromatic rings. The van der Waals surface area contributed by atoms with E-state index in [4.69, 9.17) is 0 Å². The topological polar surface area (TPSA) is 61.4 Å². The lowest BCUT2D eigenvalue weighted by atomic mass is 10.0. The van der Waals surface area contributed by atoms with E-state index >= 15 is 0 Å². The van der Waals surface area contributed by atoms with Crippen LogP contribution in [0.3, 0.4) is 0 Å². The molecule has 1 aliphatic heterocycles. The van der Waals surface area contributed by atoms with E-state index in [9.17, 15) is 4.79 Å². The Morgan fingerprint density at radius 1 is 1.37 bits per heavy atom. The Kier molecular flexibility index (Phi) is 3.30. The fraction of sp³-hybridized carbons (Fsp3) is 0.750. The van der Waals surface area contributed by atoms with Crippen LogP contribution in [0, 0.1) is 11.8 Å². The highest BCUT2D eigenvalue weighted by molar-refractivity contribution is 7.10. The number of carbonyl (C=O) groups excluding carboxylic acids is 1. The van der Waals surface area contributed by atoms with Gasteiger partial charge in [0.15, 0.2) is 0 Å². The number of rotatable bonds is 2. The summed E-state index contributed by atoms with van der Waals surface area (Å²) in [6.07, 6.45) is 3.88. The molecule has 1 saturated heterocycles. The first-order valence-corrected chi connectivity index (χ1v) is 7.48. The van der Waals surface area contributed by atoms with E-state index in [0.29, 0.717) is 11.1 Å². The average Bonchev–Trinajstić information content (AvgIpc) is 3.02. The summed E-state index contributed by atoms with van der Waals surface area (Å²) >= 11 is 1.22. The number of amides is 2. The van der Waals surface area contributed by atoms with E-state index in [1.165, 1.54) is 30.8 Å². The molecule has 3 rings (SSSR count). The number of carbonyl (C=O) groups is 1. The van der Waals surface area contributed by atoms with Crippen molar-refractivity contribution >= 4 is 28.6 Å². The molecule has 0 aromatic carbocycles. The van der Waals surface area contributed by atoms with Crippen LogP contribution in [0.25, 0.3) is 0 Å². The zero-order valence-corrected chi connectivity index (χ0v) is 12.1. The molecule has 0 spiro atoms. The number of urea groups is 1. The van der Waals surface area contributed by atoms with Gasteiger partial charge >= 0.3 is 6.03 Å². The van der Waals surface area contributed by atoms with E-state index < -0.39 is 0 Å². The van der Waals surface area contributed by atoms with E-state index in [2.05, 4.69) is 14.7 Å². The molecular formula is C12H19N5OS. The van der Waals surface area contributed by atoms with Gasteiger partial charge in [0.05, 0.1) is 0 Å². The number of fused-ring (bicyclic) bond motifs is 1. The van der Waals surface area contributed by atoms with Gasteiger partial charge in [-0.1, -0.05) is 6.42 Å². The molecule has 104 valence electrons. The molecule has 1 aromatic heterocycles. The van der Waals surface area contributed by atoms with E-state index in [1.54, 1.807) is 0 Å². The first-order valence-electron chi connectivity index (χ1n) is 6.70. The highest BCUT2D eigenvalue weighted by Gasteiger charge is 2.38. The maximum Gasteiger partial charge on any atom is 0.323 e. The van der Waals surface area contributed by atoms with Crippen molar-refractivity contribution in [2.75, 3.05) is 37.4 Å². The van der Waals surface area contributed by atoms with Crippen LogP contribution in [0.1, 0.15) is 19.3 Å². The molecule has 2 unspecified atom stereocenters. The second-order valence-corrected chi connectivity index (χ2v) is 6.33. The monoisotopic (exact) mass is 281 g/mol. The van der Waals surface area contributed by atoms with Crippen LogP contribution in [0.4, 0.5) is 15.9 Å². The maximum absolute atomic E-state index is 12.2. The summed E-state index contributed by atoms with van der Waals surface area (Å²) in [5.74, 6) is 2.08. The largest absolute Gasteiger partial charge is 0.346 e. The predicted molar refractivity (Wildman–Crippen MR) is 75.7 cm³/mol. The summed E-state index contributed by atoms with van der Waals surface area (Å²) in [6, 6.07) is -0.0316. The summed E-state index contributed by atoms with van der Waals surface area (Å²) < 4.78 is 4.18. The Morgan fingerprint density at radius 3 is 2.63 bits per heavy atom. The summed E-state index contributed by atoms with van der Waals surface area (Å²) in [5, 5.41) is 3.43. The molecule has 0 radical (unpaired) electrons. The molecule has 2 atom stereocenters.